The van der Waals surface area contributed by atoms with E-state index in [0.717, 1.165) is 0 Å². The Labute approximate surface area is 136 Å². The van der Waals surface area contributed by atoms with E-state index < -0.39 is 11.7 Å². The Bertz CT molecular complexity index is 557. The normalized spacial score (nSPS) is 20.3. The maximum Gasteiger partial charge on any atom is 0.287 e. The number of hydrogen-bond acceptors (Lipinski definition) is 5. The van der Waals surface area contributed by atoms with Gasteiger partial charge < -0.3 is 24.1 Å². The number of rotatable bonds is 3. The van der Waals surface area contributed by atoms with Crippen molar-refractivity contribution < 1.29 is 23.5 Å². The van der Waals surface area contributed by atoms with Gasteiger partial charge in [0.1, 0.15) is 0 Å². The number of ether oxygens (including phenoxy) is 2. The average Bonchev–Trinajstić information content (AvgIpc) is 3.15. The number of carbonyl (C=O) groups excluding carboxylic acids is 2. The van der Waals surface area contributed by atoms with E-state index in [4.69, 9.17) is 13.9 Å². The smallest absolute Gasteiger partial charge is 0.287 e. The molecule has 0 radical (unpaired) electrons. The van der Waals surface area contributed by atoms with Gasteiger partial charge in [-0.2, -0.15) is 0 Å². The number of likely N-dealkylation sites (tertiary alicyclic amines) is 1. The van der Waals surface area contributed by atoms with Crippen LogP contribution in [0.4, 0.5) is 0 Å². The molecule has 0 bridgehead atoms. The standard InChI is InChI=1S/C14H17BrN2O5/c15-11-2-1-10(22-11)13(19)16-9-12(18)17-5-3-14(4-6-17)20-7-8-21-14/h1-2H,3-9H2,(H,16,19). The van der Waals surface area contributed by atoms with E-state index >= 15 is 0 Å². The summed E-state index contributed by atoms with van der Waals surface area (Å²) in [4.78, 5) is 25.7. The number of carbonyl (C=O) groups is 2. The van der Waals surface area contributed by atoms with Crippen molar-refractivity contribution in [1.82, 2.24) is 10.2 Å². The van der Waals surface area contributed by atoms with Crippen molar-refractivity contribution >= 4 is 27.7 Å². The van der Waals surface area contributed by atoms with Crippen molar-refractivity contribution in [3.05, 3.63) is 22.6 Å². The molecule has 0 saturated carbocycles. The van der Waals surface area contributed by atoms with Gasteiger partial charge in [0.05, 0.1) is 19.8 Å². The number of nitrogens with zero attached hydrogens (tertiary/aromatic N) is 1. The van der Waals surface area contributed by atoms with Gasteiger partial charge in [0, 0.05) is 25.9 Å². The molecule has 1 aromatic rings. The van der Waals surface area contributed by atoms with Gasteiger partial charge in [-0.15, -0.1) is 0 Å². The number of furan rings is 1. The summed E-state index contributed by atoms with van der Waals surface area (Å²) >= 11 is 3.13. The zero-order valence-electron chi connectivity index (χ0n) is 12.0. The summed E-state index contributed by atoms with van der Waals surface area (Å²) in [7, 11) is 0. The molecule has 0 unspecified atom stereocenters. The van der Waals surface area contributed by atoms with Crippen LogP contribution in [0.5, 0.6) is 0 Å². The minimum Gasteiger partial charge on any atom is -0.444 e. The number of amides is 2. The number of nitrogens with one attached hydrogen (secondary N) is 1. The lowest BCUT2D eigenvalue weighted by Gasteiger charge is -2.37. The van der Waals surface area contributed by atoms with Gasteiger partial charge in [-0.3, -0.25) is 9.59 Å². The third kappa shape index (κ3) is 3.34. The summed E-state index contributed by atoms with van der Waals surface area (Å²) < 4.78 is 16.8. The molecule has 8 heteroatoms. The molecule has 2 fully saturated rings. The maximum absolute atomic E-state index is 12.1. The lowest BCUT2D eigenvalue weighted by atomic mass is 10.0. The van der Waals surface area contributed by atoms with Crippen LogP contribution in [-0.2, 0) is 14.3 Å². The molecule has 1 aromatic heterocycles. The van der Waals surface area contributed by atoms with Gasteiger partial charge in [-0.1, -0.05) is 0 Å². The first kappa shape index (κ1) is 15.5. The van der Waals surface area contributed by atoms with E-state index in [2.05, 4.69) is 21.2 Å². The van der Waals surface area contributed by atoms with E-state index in [9.17, 15) is 9.59 Å². The van der Waals surface area contributed by atoms with Gasteiger partial charge in [-0.05, 0) is 28.1 Å². The highest BCUT2D eigenvalue weighted by molar-refractivity contribution is 9.10. The summed E-state index contributed by atoms with van der Waals surface area (Å²) in [5.41, 5.74) is 0. The van der Waals surface area contributed by atoms with Gasteiger partial charge in [-0.25, -0.2) is 0 Å². The molecule has 2 aliphatic heterocycles. The van der Waals surface area contributed by atoms with Crippen molar-refractivity contribution in [3.8, 4) is 0 Å². The van der Waals surface area contributed by atoms with Crippen molar-refractivity contribution in [2.45, 2.75) is 18.6 Å². The zero-order chi connectivity index (χ0) is 15.6. The average molecular weight is 373 g/mol. The first-order valence-corrected chi connectivity index (χ1v) is 7.97. The number of hydrogen-bond donors (Lipinski definition) is 1. The van der Waals surface area contributed by atoms with Gasteiger partial charge in [0.2, 0.25) is 5.91 Å². The number of piperidine rings is 1. The van der Waals surface area contributed by atoms with Gasteiger partial charge in [0.15, 0.2) is 16.2 Å². The van der Waals surface area contributed by atoms with Crippen molar-refractivity contribution in [2.24, 2.45) is 0 Å². The second-order valence-corrected chi connectivity index (χ2v) is 6.06. The predicted molar refractivity (Wildman–Crippen MR) is 79.2 cm³/mol. The Kier molecular flexibility index (Phi) is 4.51. The lowest BCUT2D eigenvalue weighted by molar-refractivity contribution is -0.187. The van der Waals surface area contributed by atoms with Crippen LogP contribution in [0.1, 0.15) is 23.4 Å². The maximum atomic E-state index is 12.1. The third-order valence-corrected chi connectivity index (χ3v) is 4.31. The molecule has 120 valence electrons. The predicted octanol–water partition coefficient (Wildman–Crippen LogP) is 1.14. The highest BCUT2D eigenvalue weighted by Crippen LogP contribution is 2.31. The van der Waals surface area contributed by atoms with Crippen LogP contribution in [0.25, 0.3) is 0 Å². The quantitative estimate of drug-likeness (QED) is 0.860. The van der Waals surface area contributed by atoms with Crippen LogP contribution in [-0.4, -0.2) is 55.3 Å². The van der Waals surface area contributed by atoms with Gasteiger partial charge in [0.25, 0.3) is 5.91 Å². The first-order chi connectivity index (χ1) is 10.6. The van der Waals surface area contributed by atoms with Crippen molar-refractivity contribution in [3.63, 3.8) is 0 Å². The highest BCUT2D eigenvalue weighted by atomic mass is 79.9. The van der Waals surface area contributed by atoms with Gasteiger partial charge >= 0.3 is 0 Å². The van der Waals surface area contributed by atoms with Crippen LogP contribution in [0.15, 0.2) is 21.2 Å². The molecule has 22 heavy (non-hydrogen) atoms. The van der Waals surface area contributed by atoms with E-state index in [-0.39, 0.29) is 18.2 Å². The van der Waals surface area contributed by atoms with Crippen LogP contribution in [0, 0.1) is 0 Å². The third-order valence-electron chi connectivity index (χ3n) is 3.89. The minimum atomic E-state index is -0.500. The molecule has 0 atom stereocenters. The van der Waals surface area contributed by atoms with E-state index in [0.29, 0.717) is 43.8 Å². The Morgan fingerprint density at radius 3 is 2.50 bits per heavy atom. The lowest BCUT2D eigenvalue weighted by Crippen LogP contribution is -2.49. The molecule has 3 rings (SSSR count). The summed E-state index contributed by atoms with van der Waals surface area (Å²) in [6.07, 6.45) is 1.33. The molecule has 2 aliphatic rings. The summed E-state index contributed by atoms with van der Waals surface area (Å²) in [6, 6.07) is 3.17. The molecule has 0 aliphatic carbocycles. The van der Waals surface area contributed by atoms with Crippen molar-refractivity contribution in [1.29, 1.82) is 0 Å². The Hall–Kier alpha value is -1.38. The molecule has 2 amide bonds. The van der Waals surface area contributed by atoms with Crippen LogP contribution in [0.2, 0.25) is 0 Å². The summed E-state index contributed by atoms with van der Waals surface area (Å²) in [5, 5.41) is 2.56. The van der Waals surface area contributed by atoms with E-state index in [1.165, 1.54) is 0 Å². The van der Waals surface area contributed by atoms with E-state index in [1.807, 2.05) is 0 Å². The highest BCUT2D eigenvalue weighted by Gasteiger charge is 2.40. The molecule has 1 spiro atoms. The molecule has 0 aromatic carbocycles. The molecular formula is C14H17BrN2O5. The molecule has 7 nitrogen and oxygen atoms in total. The SMILES string of the molecule is O=C(NCC(=O)N1CCC2(CC1)OCCO2)c1ccc(Br)o1. The largest absolute Gasteiger partial charge is 0.444 e. The topological polar surface area (TPSA) is 81.0 Å². The Morgan fingerprint density at radius 2 is 1.91 bits per heavy atom. The molecule has 3 heterocycles. The summed E-state index contributed by atoms with van der Waals surface area (Å²) in [5.74, 6) is -0.854. The molecule has 2 saturated heterocycles. The first-order valence-electron chi connectivity index (χ1n) is 7.17. The van der Waals surface area contributed by atoms with Crippen molar-refractivity contribution in [2.75, 3.05) is 32.8 Å². The van der Waals surface area contributed by atoms with Crippen LogP contribution < -0.4 is 5.32 Å². The van der Waals surface area contributed by atoms with E-state index in [1.54, 1.807) is 17.0 Å². The monoisotopic (exact) mass is 372 g/mol. The minimum absolute atomic E-state index is 0.0497. The molecular weight excluding hydrogens is 356 g/mol. The number of halogens is 1. The Morgan fingerprint density at radius 1 is 1.23 bits per heavy atom. The molecule has 1 N–H and O–H groups in total. The summed E-state index contributed by atoms with van der Waals surface area (Å²) in [6.45, 7) is 2.32. The fourth-order valence-electron chi connectivity index (χ4n) is 2.67. The second kappa shape index (κ2) is 6.39. The fourth-order valence-corrected chi connectivity index (χ4v) is 2.98. The zero-order valence-corrected chi connectivity index (χ0v) is 13.6. The van der Waals surface area contributed by atoms with Crippen LogP contribution >= 0.6 is 15.9 Å². The fraction of sp³-hybridized carbons (Fsp3) is 0.571. The van der Waals surface area contributed by atoms with Crippen LogP contribution in [0.3, 0.4) is 0 Å². The Balaban J connectivity index is 1.45. The second-order valence-electron chi connectivity index (χ2n) is 5.27.